The van der Waals surface area contributed by atoms with Crippen molar-refractivity contribution in [3.8, 4) is 0 Å². The summed E-state index contributed by atoms with van der Waals surface area (Å²) >= 11 is 5.34. The molecule has 0 bridgehead atoms. The van der Waals surface area contributed by atoms with Crippen LogP contribution < -0.4 is 5.32 Å². The zero-order valence-electron chi connectivity index (χ0n) is 5.52. The Kier molecular flexibility index (Phi) is 15.3. The lowest BCUT2D eigenvalue weighted by molar-refractivity contribution is 0.152. The molecular formula is C5H13Cl2NO. The Morgan fingerprint density at radius 2 is 2.11 bits per heavy atom. The molecule has 0 spiro atoms. The maximum atomic E-state index is 5.34. The molecule has 0 radical (unpaired) electrons. The summed E-state index contributed by atoms with van der Waals surface area (Å²) in [6.07, 6.45) is 0. The van der Waals surface area contributed by atoms with Crippen LogP contribution in [-0.4, -0.2) is 32.7 Å². The van der Waals surface area contributed by atoms with Crippen LogP contribution in [0.1, 0.15) is 0 Å². The van der Waals surface area contributed by atoms with Gasteiger partial charge in [0.15, 0.2) is 0 Å². The lowest BCUT2D eigenvalue weighted by Gasteiger charge is -1.98. The van der Waals surface area contributed by atoms with Gasteiger partial charge in [0.05, 0.1) is 13.2 Å². The molecule has 0 unspecified atom stereocenters. The van der Waals surface area contributed by atoms with E-state index in [1.54, 1.807) is 0 Å². The van der Waals surface area contributed by atoms with Crippen LogP contribution >= 0.6 is 24.0 Å². The van der Waals surface area contributed by atoms with Crippen molar-refractivity contribution in [2.24, 2.45) is 0 Å². The first-order valence-corrected chi connectivity index (χ1v) is 3.23. The topological polar surface area (TPSA) is 21.3 Å². The second-order valence-corrected chi connectivity index (χ2v) is 1.78. The SMILES string of the molecule is CNCCOCCCl.Cl. The molecule has 0 atom stereocenters. The fraction of sp³-hybridized carbons (Fsp3) is 1.00. The number of hydrogen-bond donors (Lipinski definition) is 1. The molecule has 4 heteroatoms. The number of alkyl halides is 1. The predicted octanol–water partition coefficient (Wildman–Crippen LogP) is 0.883. The number of ether oxygens (including phenoxy) is 1. The van der Waals surface area contributed by atoms with Crippen molar-refractivity contribution >= 4 is 24.0 Å². The summed E-state index contributed by atoms with van der Waals surface area (Å²) in [6, 6.07) is 0. The molecule has 9 heavy (non-hydrogen) atoms. The normalized spacial score (nSPS) is 8.67. The van der Waals surface area contributed by atoms with E-state index >= 15 is 0 Å². The Balaban J connectivity index is 0. The minimum Gasteiger partial charge on any atom is -0.379 e. The molecule has 0 heterocycles. The zero-order chi connectivity index (χ0) is 6.24. The van der Waals surface area contributed by atoms with E-state index in [2.05, 4.69) is 5.32 Å². The minimum atomic E-state index is 0. The molecule has 0 fully saturated rings. The highest BCUT2D eigenvalue weighted by Gasteiger charge is 1.81. The van der Waals surface area contributed by atoms with Gasteiger partial charge in [-0.25, -0.2) is 0 Å². The Bertz CT molecular complexity index is 39.9. The zero-order valence-corrected chi connectivity index (χ0v) is 7.10. The van der Waals surface area contributed by atoms with E-state index in [9.17, 15) is 0 Å². The molecule has 2 nitrogen and oxygen atoms in total. The van der Waals surface area contributed by atoms with E-state index < -0.39 is 0 Å². The van der Waals surface area contributed by atoms with Gasteiger partial charge in [0, 0.05) is 12.4 Å². The third kappa shape index (κ3) is 11.9. The van der Waals surface area contributed by atoms with Gasteiger partial charge >= 0.3 is 0 Å². The van der Waals surface area contributed by atoms with Gasteiger partial charge in [-0.2, -0.15) is 0 Å². The van der Waals surface area contributed by atoms with E-state index in [-0.39, 0.29) is 12.4 Å². The first kappa shape index (κ1) is 12.2. The number of rotatable bonds is 5. The van der Waals surface area contributed by atoms with E-state index in [0.717, 1.165) is 13.2 Å². The van der Waals surface area contributed by atoms with Gasteiger partial charge in [0.2, 0.25) is 0 Å². The van der Waals surface area contributed by atoms with E-state index in [0.29, 0.717) is 12.5 Å². The molecule has 0 aromatic rings. The standard InChI is InChI=1S/C5H12ClNO.ClH/c1-7-3-5-8-4-2-6;/h7H,2-5H2,1H3;1H. The smallest absolute Gasteiger partial charge is 0.0602 e. The van der Waals surface area contributed by atoms with Gasteiger partial charge in [0.25, 0.3) is 0 Å². The van der Waals surface area contributed by atoms with Crippen LogP contribution in [0.4, 0.5) is 0 Å². The molecular weight excluding hydrogens is 161 g/mol. The van der Waals surface area contributed by atoms with Crippen molar-refractivity contribution in [3.05, 3.63) is 0 Å². The van der Waals surface area contributed by atoms with Crippen molar-refractivity contribution in [3.63, 3.8) is 0 Å². The minimum absolute atomic E-state index is 0. The lowest BCUT2D eigenvalue weighted by Crippen LogP contribution is -2.14. The Morgan fingerprint density at radius 1 is 1.44 bits per heavy atom. The van der Waals surface area contributed by atoms with Gasteiger partial charge < -0.3 is 10.1 Å². The van der Waals surface area contributed by atoms with Gasteiger partial charge in [-0.05, 0) is 7.05 Å². The summed E-state index contributed by atoms with van der Waals surface area (Å²) in [5, 5.41) is 2.96. The molecule has 0 aromatic carbocycles. The molecule has 0 aliphatic carbocycles. The third-order valence-electron chi connectivity index (χ3n) is 0.718. The van der Waals surface area contributed by atoms with E-state index in [4.69, 9.17) is 16.3 Å². The van der Waals surface area contributed by atoms with E-state index in [1.165, 1.54) is 0 Å². The summed E-state index contributed by atoms with van der Waals surface area (Å²) in [6.45, 7) is 2.31. The molecule has 0 saturated heterocycles. The monoisotopic (exact) mass is 173 g/mol. The Morgan fingerprint density at radius 3 is 2.56 bits per heavy atom. The molecule has 1 N–H and O–H groups in total. The van der Waals surface area contributed by atoms with Crippen LogP contribution in [-0.2, 0) is 4.74 Å². The van der Waals surface area contributed by atoms with Crippen molar-refractivity contribution < 1.29 is 4.74 Å². The van der Waals surface area contributed by atoms with Gasteiger partial charge in [-0.3, -0.25) is 0 Å². The maximum Gasteiger partial charge on any atom is 0.0602 e. The summed E-state index contributed by atoms with van der Waals surface area (Å²) in [4.78, 5) is 0. The third-order valence-corrected chi connectivity index (χ3v) is 0.872. The Labute approximate surface area is 67.3 Å². The molecule has 0 aliphatic heterocycles. The first-order chi connectivity index (χ1) is 3.91. The van der Waals surface area contributed by atoms with E-state index in [1.807, 2.05) is 7.05 Å². The molecule has 0 aliphatic rings. The van der Waals surface area contributed by atoms with Crippen molar-refractivity contribution in [1.82, 2.24) is 5.32 Å². The van der Waals surface area contributed by atoms with Crippen LogP contribution in [0.2, 0.25) is 0 Å². The highest BCUT2D eigenvalue weighted by Crippen LogP contribution is 1.76. The highest BCUT2D eigenvalue weighted by molar-refractivity contribution is 6.17. The molecule has 0 saturated carbocycles. The molecule has 0 rings (SSSR count). The predicted molar refractivity (Wildman–Crippen MR) is 42.7 cm³/mol. The number of nitrogens with one attached hydrogen (secondary N) is 1. The van der Waals surface area contributed by atoms with Crippen LogP contribution in [0, 0.1) is 0 Å². The number of hydrogen-bond acceptors (Lipinski definition) is 2. The molecule has 0 amide bonds. The van der Waals surface area contributed by atoms with Crippen LogP contribution in [0.5, 0.6) is 0 Å². The van der Waals surface area contributed by atoms with Gasteiger partial charge in [-0.15, -0.1) is 24.0 Å². The molecule has 58 valence electrons. The molecule has 0 aromatic heterocycles. The van der Waals surface area contributed by atoms with Crippen LogP contribution in [0.3, 0.4) is 0 Å². The number of likely N-dealkylation sites (N-methyl/N-ethyl adjacent to an activating group) is 1. The van der Waals surface area contributed by atoms with Crippen LogP contribution in [0.15, 0.2) is 0 Å². The fourth-order valence-corrected chi connectivity index (χ4v) is 0.440. The van der Waals surface area contributed by atoms with Gasteiger partial charge in [-0.1, -0.05) is 0 Å². The first-order valence-electron chi connectivity index (χ1n) is 2.70. The summed E-state index contributed by atoms with van der Waals surface area (Å²) in [7, 11) is 1.89. The average Bonchev–Trinajstić information content (AvgIpc) is 1.81. The second-order valence-electron chi connectivity index (χ2n) is 1.40. The van der Waals surface area contributed by atoms with Crippen LogP contribution in [0.25, 0.3) is 0 Å². The highest BCUT2D eigenvalue weighted by atomic mass is 35.5. The second kappa shape index (κ2) is 11.3. The van der Waals surface area contributed by atoms with Crippen molar-refractivity contribution in [2.45, 2.75) is 0 Å². The summed E-state index contributed by atoms with van der Waals surface area (Å²) in [5.41, 5.74) is 0. The van der Waals surface area contributed by atoms with Gasteiger partial charge in [0.1, 0.15) is 0 Å². The summed E-state index contributed by atoms with van der Waals surface area (Å²) in [5.74, 6) is 0.587. The largest absolute Gasteiger partial charge is 0.379 e. The quantitative estimate of drug-likeness (QED) is 0.493. The summed E-state index contributed by atoms with van der Waals surface area (Å²) < 4.78 is 5.03. The maximum absolute atomic E-state index is 5.34. The van der Waals surface area contributed by atoms with Crippen molar-refractivity contribution in [2.75, 3.05) is 32.7 Å². The average molecular weight is 174 g/mol. The number of halogens is 2. The Hall–Kier alpha value is 0.500. The van der Waals surface area contributed by atoms with Crippen molar-refractivity contribution in [1.29, 1.82) is 0 Å². The lowest BCUT2D eigenvalue weighted by atomic mass is 10.7. The fourth-order valence-electron chi connectivity index (χ4n) is 0.331.